The lowest BCUT2D eigenvalue weighted by Gasteiger charge is -2.44. The Labute approximate surface area is 101 Å². The van der Waals surface area contributed by atoms with Crippen LogP contribution in [0.1, 0.15) is 84.0 Å². The molecule has 2 fully saturated rings. The predicted molar refractivity (Wildman–Crippen MR) is 68.7 cm³/mol. The van der Waals surface area contributed by atoms with Crippen molar-refractivity contribution in [3.05, 3.63) is 0 Å². The average molecular weight is 224 g/mol. The molecule has 0 radical (unpaired) electrons. The van der Waals surface area contributed by atoms with Crippen molar-refractivity contribution in [1.82, 2.24) is 0 Å². The number of hydrogen-bond acceptors (Lipinski definition) is 1. The van der Waals surface area contributed by atoms with E-state index in [-0.39, 0.29) is 0 Å². The number of hydrogen-bond donors (Lipinski definition) is 0. The molecule has 0 aromatic rings. The van der Waals surface area contributed by atoms with Gasteiger partial charge in [0.15, 0.2) is 0 Å². The van der Waals surface area contributed by atoms with E-state index in [1.165, 1.54) is 77.0 Å². The maximum atomic E-state index is 6.46. The zero-order chi connectivity index (χ0) is 11.3. The van der Waals surface area contributed by atoms with Gasteiger partial charge in [0.2, 0.25) is 0 Å². The second-order valence-electron chi connectivity index (χ2n) is 5.87. The highest BCUT2D eigenvalue weighted by molar-refractivity contribution is 4.88. The first-order chi connectivity index (χ1) is 7.85. The molecule has 0 aromatic heterocycles. The molecule has 0 bridgehead atoms. The summed E-state index contributed by atoms with van der Waals surface area (Å²) < 4.78 is 6.46. The van der Waals surface area contributed by atoms with Crippen LogP contribution >= 0.6 is 0 Å². The fourth-order valence-corrected chi connectivity index (χ4v) is 3.51. The summed E-state index contributed by atoms with van der Waals surface area (Å²) in [5.41, 5.74) is 0.327. The lowest BCUT2D eigenvalue weighted by molar-refractivity contribution is -0.147. The molecule has 1 aliphatic carbocycles. The van der Waals surface area contributed by atoms with Crippen LogP contribution in [0.15, 0.2) is 0 Å². The molecule has 1 saturated heterocycles. The highest BCUT2D eigenvalue weighted by atomic mass is 16.5. The second kappa shape index (κ2) is 6.05. The molecule has 2 aliphatic rings. The monoisotopic (exact) mass is 224 g/mol. The van der Waals surface area contributed by atoms with E-state index in [9.17, 15) is 0 Å². The summed E-state index contributed by atoms with van der Waals surface area (Å²) in [5, 5.41) is 0. The van der Waals surface area contributed by atoms with Gasteiger partial charge in [-0.25, -0.2) is 0 Å². The third-order valence-corrected chi connectivity index (χ3v) is 4.47. The lowest BCUT2D eigenvalue weighted by Crippen LogP contribution is -2.42. The molecular weight excluding hydrogens is 196 g/mol. The smallest absolute Gasteiger partial charge is 0.0686 e. The van der Waals surface area contributed by atoms with E-state index in [1.54, 1.807) is 0 Å². The van der Waals surface area contributed by atoms with Gasteiger partial charge in [0.25, 0.3) is 0 Å². The fourth-order valence-electron chi connectivity index (χ4n) is 3.51. The molecule has 0 amide bonds. The highest BCUT2D eigenvalue weighted by Gasteiger charge is 2.37. The average Bonchev–Trinajstić information content (AvgIpc) is 2.31. The molecule has 1 spiro atoms. The first-order valence-corrected chi connectivity index (χ1v) is 7.52. The molecule has 1 heteroatoms. The van der Waals surface area contributed by atoms with Crippen molar-refractivity contribution in [2.24, 2.45) is 0 Å². The quantitative estimate of drug-likeness (QED) is 0.621. The van der Waals surface area contributed by atoms with Crippen molar-refractivity contribution >= 4 is 0 Å². The Kier molecular flexibility index (Phi) is 4.69. The van der Waals surface area contributed by atoms with Crippen molar-refractivity contribution in [2.75, 3.05) is 0 Å². The van der Waals surface area contributed by atoms with Crippen molar-refractivity contribution < 1.29 is 4.74 Å². The van der Waals surface area contributed by atoms with Crippen LogP contribution in [0.4, 0.5) is 0 Å². The molecule has 1 heterocycles. The van der Waals surface area contributed by atoms with Gasteiger partial charge < -0.3 is 4.74 Å². The summed E-state index contributed by atoms with van der Waals surface area (Å²) >= 11 is 0. The van der Waals surface area contributed by atoms with Gasteiger partial charge in [0.05, 0.1) is 11.7 Å². The van der Waals surface area contributed by atoms with Crippen molar-refractivity contribution in [3.63, 3.8) is 0 Å². The van der Waals surface area contributed by atoms with Gasteiger partial charge in [-0.15, -0.1) is 0 Å². The zero-order valence-electron chi connectivity index (χ0n) is 11.0. The standard InChI is InChI=1S/C15H28O/c1-2-3-5-9-14-10-8-13-15(16-14)11-6-4-7-12-15/h14H,2-13H2,1H3/t14-/m0/s1. The normalized spacial score (nSPS) is 29.4. The Morgan fingerprint density at radius 2 is 1.75 bits per heavy atom. The van der Waals surface area contributed by atoms with Crippen LogP contribution in [0.3, 0.4) is 0 Å². The molecule has 1 saturated carbocycles. The molecule has 0 unspecified atom stereocenters. The van der Waals surface area contributed by atoms with Gasteiger partial charge in [0, 0.05) is 0 Å². The molecule has 0 aromatic carbocycles. The van der Waals surface area contributed by atoms with E-state index in [0.717, 1.165) is 0 Å². The van der Waals surface area contributed by atoms with Crippen LogP contribution in [0.5, 0.6) is 0 Å². The maximum Gasteiger partial charge on any atom is 0.0686 e. The minimum absolute atomic E-state index is 0.327. The molecule has 94 valence electrons. The van der Waals surface area contributed by atoms with Gasteiger partial charge >= 0.3 is 0 Å². The Balaban J connectivity index is 1.78. The van der Waals surface area contributed by atoms with Gasteiger partial charge in [-0.05, 0) is 38.5 Å². The van der Waals surface area contributed by atoms with Crippen LogP contribution in [0.25, 0.3) is 0 Å². The first kappa shape index (κ1) is 12.4. The molecular formula is C15H28O. The van der Waals surface area contributed by atoms with E-state index in [1.807, 2.05) is 0 Å². The zero-order valence-corrected chi connectivity index (χ0v) is 11.0. The number of rotatable bonds is 4. The third kappa shape index (κ3) is 3.23. The molecule has 2 rings (SSSR count). The summed E-state index contributed by atoms with van der Waals surface area (Å²) in [4.78, 5) is 0. The highest BCUT2D eigenvalue weighted by Crippen LogP contribution is 2.41. The topological polar surface area (TPSA) is 9.23 Å². The third-order valence-electron chi connectivity index (χ3n) is 4.47. The van der Waals surface area contributed by atoms with E-state index in [4.69, 9.17) is 4.74 Å². The van der Waals surface area contributed by atoms with E-state index < -0.39 is 0 Å². The lowest BCUT2D eigenvalue weighted by atomic mass is 9.78. The number of unbranched alkanes of at least 4 members (excludes halogenated alkanes) is 2. The Bertz CT molecular complexity index is 188. The maximum absolute atomic E-state index is 6.46. The van der Waals surface area contributed by atoms with E-state index in [0.29, 0.717) is 11.7 Å². The van der Waals surface area contributed by atoms with Gasteiger partial charge in [-0.1, -0.05) is 45.4 Å². The minimum Gasteiger partial charge on any atom is -0.372 e. The Morgan fingerprint density at radius 3 is 2.50 bits per heavy atom. The van der Waals surface area contributed by atoms with E-state index >= 15 is 0 Å². The summed E-state index contributed by atoms with van der Waals surface area (Å²) in [5.74, 6) is 0. The molecule has 1 aliphatic heterocycles. The van der Waals surface area contributed by atoms with Gasteiger partial charge in [-0.3, -0.25) is 0 Å². The van der Waals surface area contributed by atoms with Crippen molar-refractivity contribution in [3.8, 4) is 0 Å². The molecule has 1 atom stereocenters. The number of ether oxygens (including phenoxy) is 1. The van der Waals surface area contributed by atoms with Gasteiger partial charge in [-0.2, -0.15) is 0 Å². The van der Waals surface area contributed by atoms with E-state index in [2.05, 4.69) is 6.92 Å². The van der Waals surface area contributed by atoms with Crippen LogP contribution < -0.4 is 0 Å². The predicted octanol–water partition coefficient (Wildman–Crippen LogP) is 4.84. The Morgan fingerprint density at radius 1 is 1.00 bits per heavy atom. The van der Waals surface area contributed by atoms with Crippen molar-refractivity contribution in [2.45, 2.75) is 95.7 Å². The first-order valence-electron chi connectivity index (χ1n) is 7.52. The SMILES string of the molecule is CCCCC[C@H]1CCCC2(CCCCC2)O1. The Hall–Kier alpha value is -0.0400. The molecule has 16 heavy (non-hydrogen) atoms. The molecule has 1 nitrogen and oxygen atoms in total. The second-order valence-corrected chi connectivity index (χ2v) is 5.87. The van der Waals surface area contributed by atoms with Gasteiger partial charge in [0.1, 0.15) is 0 Å². The minimum atomic E-state index is 0.327. The summed E-state index contributed by atoms with van der Waals surface area (Å²) in [6, 6.07) is 0. The van der Waals surface area contributed by atoms with Crippen molar-refractivity contribution in [1.29, 1.82) is 0 Å². The van der Waals surface area contributed by atoms with Crippen LogP contribution in [0.2, 0.25) is 0 Å². The van der Waals surface area contributed by atoms with Crippen LogP contribution in [-0.2, 0) is 4.74 Å². The fraction of sp³-hybridized carbons (Fsp3) is 1.00. The van der Waals surface area contributed by atoms with Crippen LogP contribution in [-0.4, -0.2) is 11.7 Å². The van der Waals surface area contributed by atoms with Crippen LogP contribution in [0, 0.1) is 0 Å². The summed E-state index contributed by atoms with van der Waals surface area (Å²) in [6.45, 7) is 2.28. The molecule has 0 N–H and O–H groups in total. The summed E-state index contributed by atoms with van der Waals surface area (Å²) in [6.07, 6.45) is 17.0. The summed E-state index contributed by atoms with van der Waals surface area (Å²) in [7, 11) is 0. The largest absolute Gasteiger partial charge is 0.372 e.